The number of fused-ring (bicyclic) bond motifs is 12. The monoisotopic (exact) mass is 905 g/mol. The van der Waals surface area contributed by atoms with E-state index in [1.807, 2.05) is 27.7 Å². The van der Waals surface area contributed by atoms with Crippen molar-refractivity contribution in [1.82, 2.24) is 0 Å². The molecule has 65 heavy (non-hydrogen) atoms. The van der Waals surface area contributed by atoms with Crippen molar-refractivity contribution in [2.24, 2.45) is 69.0 Å². The quantitative estimate of drug-likeness (QED) is 0.0747. The minimum Gasteiger partial charge on any atom is -0.396 e. The van der Waals surface area contributed by atoms with Crippen LogP contribution in [-0.4, -0.2) is 91.7 Å². The van der Waals surface area contributed by atoms with Gasteiger partial charge >= 0.3 is 0 Å². The molecule has 4 unspecified atom stereocenters. The van der Waals surface area contributed by atoms with Crippen LogP contribution in [-0.2, 0) is 9.47 Å². The normalized spacial score (nSPS) is 44.7. The molecule has 1 aliphatic heterocycles. The van der Waals surface area contributed by atoms with Gasteiger partial charge in [0, 0.05) is 24.0 Å². The van der Waals surface area contributed by atoms with E-state index in [1.165, 1.54) is 68.9 Å². The third-order valence-corrected chi connectivity index (χ3v) is 20.7. The summed E-state index contributed by atoms with van der Waals surface area (Å²) in [6.45, 7) is 22.7. The molecule has 0 radical (unpaired) electrons. The van der Waals surface area contributed by atoms with E-state index in [-0.39, 0.29) is 41.7 Å². The molecule has 9 aliphatic rings. The zero-order valence-corrected chi connectivity index (χ0v) is 42.3. The van der Waals surface area contributed by atoms with Crippen molar-refractivity contribution in [2.75, 3.05) is 13.2 Å². The highest BCUT2D eigenvalue weighted by atomic mass is 16.6. The number of rotatable bonds is 14. The molecule has 1 saturated heterocycles. The summed E-state index contributed by atoms with van der Waals surface area (Å²) < 4.78 is 12.0. The maximum atomic E-state index is 11.6. The molecule has 8 aliphatic carbocycles. The zero-order chi connectivity index (χ0) is 47.1. The highest BCUT2D eigenvalue weighted by Crippen LogP contribution is 2.69. The number of hydrogen-bond donors (Lipinski definition) is 6. The summed E-state index contributed by atoms with van der Waals surface area (Å²) >= 11 is 0. The van der Waals surface area contributed by atoms with Crippen molar-refractivity contribution in [1.29, 1.82) is 0 Å². The molecule has 0 aromatic heterocycles. The van der Waals surface area contributed by atoms with Crippen LogP contribution in [0.5, 0.6) is 0 Å². The summed E-state index contributed by atoms with van der Waals surface area (Å²) in [5, 5.41) is 62.1. The van der Waals surface area contributed by atoms with Gasteiger partial charge in [0.15, 0.2) is 0 Å². The van der Waals surface area contributed by atoms with Gasteiger partial charge in [0.1, 0.15) is 12.2 Å². The highest BCUT2D eigenvalue weighted by Gasteiger charge is 2.67. The van der Waals surface area contributed by atoms with Crippen LogP contribution in [0.25, 0.3) is 0 Å². The highest BCUT2D eigenvalue weighted by molar-refractivity contribution is 5.43. The third-order valence-electron chi connectivity index (χ3n) is 20.7. The lowest BCUT2D eigenvalue weighted by Gasteiger charge is -2.57. The van der Waals surface area contributed by atoms with Gasteiger partial charge in [-0.1, -0.05) is 114 Å². The van der Waals surface area contributed by atoms with Crippen LogP contribution in [0.1, 0.15) is 178 Å². The van der Waals surface area contributed by atoms with E-state index in [0.717, 1.165) is 55.9 Å². The van der Waals surface area contributed by atoms with Gasteiger partial charge < -0.3 is 40.1 Å². The van der Waals surface area contributed by atoms with E-state index in [1.54, 1.807) is 5.57 Å². The van der Waals surface area contributed by atoms with Crippen molar-refractivity contribution < 1.29 is 40.1 Å². The standard InChI is InChI=1S/C30H50O5.C27H42O3/c1-19(8-6-14-28(2,3)34)22-11-12-23-21-10-9-20-18-25(32)26(35-17-7-16-31)27(33)30(20,5)24(21)13-15-29(22,23)4;1-16(7-6-13-25(2,3)29)19-10-11-20-18-9-8-17-15-22(28)23-24(30-23)27(17,5)21(18)12-14-26(19,20)4/h9-10,19,22-27,31-34H,6-8,11-18H2,1-5H3;8-9,16,19-24,28-29H,6-7,10-15H2,1-5H3/t19-,22-,23?,24?,25-,26-,27+,29-,30+;16-,19-,20?,21?,22-,23+,24+,26-,27+/m11/s1. The van der Waals surface area contributed by atoms with Crippen LogP contribution in [0.3, 0.4) is 0 Å². The van der Waals surface area contributed by atoms with Crippen molar-refractivity contribution in [2.45, 2.75) is 226 Å². The van der Waals surface area contributed by atoms with E-state index in [0.29, 0.717) is 54.5 Å². The Balaban J connectivity index is 0.000000179. The summed E-state index contributed by atoms with van der Waals surface area (Å²) in [5.74, 6) is 5.00. The Morgan fingerprint density at radius 2 is 1.12 bits per heavy atom. The zero-order valence-electron chi connectivity index (χ0n) is 42.3. The molecular formula is C57H92O8. The summed E-state index contributed by atoms with van der Waals surface area (Å²) in [5.41, 5.74) is 5.07. The number of aliphatic hydroxyl groups excluding tert-OH is 4. The van der Waals surface area contributed by atoms with Gasteiger partial charge in [-0.15, -0.1) is 0 Å². The lowest BCUT2D eigenvalue weighted by molar-refractivity contribution is -0.162. The van der Waals surface area contributed by atoms with E-state index in [4.69, 9.17) is 14.6 Å². The minimum atomic E-state index is -0.757. The molecule has 0 spiro atoms. The molecule has 0 bridgehead atoms. The average molecular weight is 905 g/mol. The second-order valence-corrected chi connectivity index (χ2v) is 25.7. The van der Waals surface area contributed by atoms with Gasteiger partial charge in [-0.3, -0.25) is 0 Å². The van der Waals surface area contributed by atoms with Crippen LogP contribution < -0.4 is 0 Å². The number of allylic oxidation sites excluding steroid dienone is 6. The van der Waals surface area contributed by atoms with Gasteiger partial charge in [-0.25, -0.2) is 0 Å². The molecule has 368 valence electrons. The molecule has 8 heteroatoms. The van der Waals surface area contributed by atoms with Gasteiger partial charge in [0.2, 0.25) is 0 Å². The maximum absolute atomic E-state index is 11.6. The summed E-state index contributed by atoms with van der Waals surface area (Å²) in [6.07, 6.45) is 25.5. The second kappa shape index (κ2) is 18.4. The Morgan fingerprint density at radius 3 is 1.62 bits per heavy atom. The van der Waals surface area contributed by atoms with Gasteiger partial charge in [-0.05, 0) is 169 Å². The predicted molar refractivity (Wildman–Crippen MR) is 259 cm³/mol. The Morgan fingerprint density at radius 1 is 0.646 bits per heavy atom. The first kappa shape index (κ1) is 50.0. The Hall–Kier alpha value is -1.36. The topological polar surface area (TPSA) is 143 Å². The predicted octanol–water partition coefficient (Wildman–Crippen LogP) is 10.2. The minimum absolute atomic E-state index is 0.0501. The lowest BCUT2D eigenvalue weighted by atomic mass is 9.49. The number of hydrogen-bond acceptors (Lipinski definition) is 8. The van der Waals surface area contributed by atoms with Crippen molar-refractivity contribution >= 4 is 0 Å². The second-order valence-electron chi connectivity index (χ2n) is 25.7. The molecule has 8 nitrogen and oxygen atoms in total. The fraction of sp³-hybridized carbons (Fsp3) is 0.860. The van der Waals surface area contributed by atoms with Crippen molar-refractivity contribution in [3.8, 4) is 0 Å². The third kappa shape index (κ3) is 9.04. The fourth-order valence-corrected chi connectivity index (χ4v) is 17.0. The van der Waals surface area contributed by atoms with Gasteiger partial charge in [-0.2, -0.15) is 0 Å². The van der Waals surface area contributed by atoms with Gasteiger partial charge in [0.05, 0.1) is 35.6 Å². The first-order chi connectivity index (χ1) is 30.5. The number of ether oxygens (including phenoxy) is 2. The molecule has 9 rings (SSSR count). The van der Waals surface area contributed by atoms with Crippen LogP contribution in [0.2, 0.25) is 0 Å². The lowest BCUT2D eigenvalue weighted by Crippen LogP contribution is -2.59. The molecule has 6 saturated carbocycles. The molecule has 7 fully saturated rings. The van der Waals surface area contributed by atoms with E-state index >= 15 is 0 Å². The first-order valence-corrected chi connectivity index (χ1v) is 26.7. The number of aliphatic hydroxyl groups is 6. The maximum Gasteiger partial charge on any atom is 0.111 e. The molecule has 1 heterocycles. The smallest absolute Gasteiger partial charge is 0.111 e. The number of epoxide rings is 1. The van der Waals surface area contributed by atoms with Gasteiger partial charge in [0.25, 0.3) is 0 Å². The van der Waals surface area contributed by atoms with Crippen LogP contribution in [0.4, 0.5) is 0 Å². The largest absolute Gasteiger partial charge is 0.396 e. The summed E-state index contributed by atoms with van der Waals surface area (Å²) in [7, 11) is 0. The molecule has 0 amide bonds. The molecule has 0 aromatic carbocycles. The van der Waals surface area contributed by atoms with Crippen LogP contribution in [0, 0.1) is 69.0 Å². The van der Waals surface area contributed by atoms with Crippen LogP contribution in [0.15, 0.2) is 46.6 Å². The Labute approximate surface area is 393 Å². The van der Waals surface area contributed by atoms with E-state index < -0.39 is 34.9 Å². The van der Waals surface area contributed by atoms with Crippen LogP contribution >= 0.6 is 0 Å². The Kier molecular flexibility index (Phi) is 14.2. The molecule has 18 atom stereocenters. The molecular weight excluding hydrogens is 813 g/mol. The fourth-order valence-electron chi connectivity index (χ4n) is 17.0. The van der Waals surface area contributed by atoms with E-state index in [2.05, 4.69) is 65.8 Å². The molecule has 0 aromatic rings. The van der Waals surface area contributed by atoms with Crippen molar-refractivity contribution in [3.63, 3.8) is 0 Å². The SMILES string of the molecule is C[C@H](CCCC(C)(C)O)[C@H]1CCC2C3=CC=C4C[C@@H](O)[C@@H](OCCCO)[C@H](O)[C@]4(C)C3CC[C@@]21C.C[C@H](CCCC(C)(C)O)[C@H]1CCC2C3=CC=C4C[C@@H](O)[C@@H]5O[C@@H]5[C@]4(C)C3CC[C@@]21C. The molecule has 6 N–H and O–H groups in total. The van der Waals surface area contributed by atoms with E-state index in [9.17, 15) is 25.5 Å². The van der Waals surface area contributed by atoms with Crippen molar-refractivity contribution in [3.05, 3.63) is 46.6 Å². The average Bonchev–Trinajstić information content (AvgIpc) is 3.87. The first-order valence-electron chi connectivity index (χ1n) is 26.7. The summed E-state index contributed by atoms with van der Waals surface area (Å²) in [6, 6.07) is 0. The summed E-state index contributed by atoms with van der Waals surface area (Å²) in [4.78, 5) is 0. The Bertz CT molecular complexity index is 1830.